The predicted molar refractivity (Wildman–Crippen MR) is 86.1 cm³/mol. The van der Waals surface area contributed by atoms with Crippen molar-refractivity contribution in [1.82, 2.24) is 0 Å². The maximum absolute atomic E-state index is 11.9. The number of thioether (sulfide) groups is 1. The fraction of sp³-hybridized carbons (Fsp3) is 0.235. The van der Waals surface area contributed by atoms with Gasteiger partial charge in [0.25, 0.3) is 0 Å². The van der Waals surface area contributed by atoms with Gasteiger partial charge in [0.2, 0.25) is 0 Å². The summed E-state index contributed by atoms with van der Waals surface area (Å²) in [4.78, 5) is 13.1. The van der Waals surface area contributed by atoms with Crippen LogP contribution in [0.5, 0.6) is 0 Å². The van der Waals surface area contributed by atoms with Gasteiger partial charge in [0.15, 0.2) is 0 Å². The standard InChI is InChI=1S/C17H19NO2S/c1-21-15-9-7-13(8-10-15)11-16(18)17(19)20-12-14-5-3-2-4-6-14/h2-10,16H,11-12,18H2,1H3/t16-/m0/s1. The molecule has 110 valence electrons. The van der Waals surface area contributed by atoms with Crippen LogP contribution in [0.4, 0.5) is 0 Å². The lowest BCUT2D eigenvalue weighted by atomic mass is 10.1. The normalized spacial score (nSPS) is 11.9. The number of rotatable bonds is 6. The first-order valence-corrected chi connectivity index (χ1v) is 8.00. The summed E-state index contributed by atoms with van der Waals surface area (Å²) in [5.74, 6) is -0.368. The minimum Gasteiger partial charge on any atom is -0.460 e. The molecule has 2 aromatic carbocycles. The van der Waals surface area contributed by atoms with Gasteiger partial charge in [-0.1, -0.05) is 42.5 Å². The van der Waals surface area contributed by atoms with E-state index in [1.807, 2.05) is 60.9 Å². The molecule has 0 saturated heterocycles. The third-order valence-corrected chi connectivity index (χ3v) is 3.88. The topological polar surface area (TPSA) is 52.3 Å². The molecule has 0 aromatic heterocycles. The average molecular weight is 301 g/mol. The van der Waals surface area contributed by atoms with Crippen LogP contribution < -0.4 is 5.73 Å². The van der Waals surface area contributed by atoms with Crippen LogP contribution in [0.2, 0.25) is 0 Å². The van der Waals surface area contributed by atoms with Crippen molar-refractivity contribution in [3.63, 3.8) is 0 Å². The third-order valence-electron chi connectivity index (χ3n) is 3.14. The van der Waals surface area contributed by atoms with Crippen molar-refractivity contribution in [2.75, 3.05) is 6.26 Å². The van der Waals surface area contributed by atoms with Gasteiger partial charge < -0.3 is 10.5 Å². The molecule has 2 aromatic rings. The highest BCUT2D eigenvalue weighted by Gasteiger charge is 2.15. The molecule has 0 radical (unpaired) electrons. The van der Waals surface area contributed by atoms with Gasteiger partial charge in [-0.2, -0.15) is 0 Å². The average Bonchev–Trinajstić information content (AvgIpc) is 2.54. The smallest absolute Gasteiger partial charge is 0.323 e. The van der Waals surface area contributed by atoms with E-state index in [2.05, 4.69) is 0 Å². The zero-order valence-corrected chi connectivity index (χ0v) is 12.8. The van der Waals surface area contributed by atoms with Crippen molar-refractivity contribution < 1.29 is 9.53 Å². The summed E-state index contributed by atoms with van der Waals surface area (Å²) in [6.45, 7) is 0.263. The van der Waals surface area contributed by atoms with E-state index in [0.717, 1.165) is 11.1 Å². The van der Waals surface area contributed by atoms with E-state index < -0.39 is 6.04 Å². The zero-order valence-electron chi connectivity index (χ0n) is 12.0. The highest BCUT2D eigenvalue weighted by molar-refractivity contribution is 7.98. The Hall–Kier alpha value is -1.78. The molecule has 0 aliphatic heterocycles. The monoisotopic (exact) mass is 301 g/mol. The maximum atomic E-state index is 11.9. The molecule has 0 aliphatic rings. The largest absolute Gasteiger partial charge is 0.460 e. The Morgan fingerprint density at radius 2 is 1.76 bits per heavy atom. The second kappa shape index (κ2) is 7.86. The van der Waals surface area contributed by atoms with Crippen LogP contribution in [0, 0.1) is 0 Å². The van der Waals surface area contributed by atoms with Crippen molar-refractivity contribution in [2.24, 2.45) is 5.73 Å². The summed E-state index contributed by atoms with van der Waals surface area (Å²) < 4.78 is 5.24. The summed E-state index contributed by atoms with van der Waals surface area (Å²) in [7, 11) is 0. The Bertz CT molecular complexity index is 569. The molecule has 0 heterocycles. The SMILES string of the molecule is CSc1ccc(C[C@H](N)C(=O)OCc2ccccc2)cc1. The summed E-state index contributed by atoms with van der Waals surface area (Å²) in [5.41, 5.74) is 7.90. The molecule has 21 heavy (non-hydrogen) atoms. The van der Waals surface area contributed by atoms with Crippen LogP contribution in [0.1, 0.15) is 11.1 Å². The molecule has 0 bridgehead atoms. The van der Waals surface area contributed by atoms with E-state index in [9.17, 15) is 4.79 Å². The van der Waals surface area contributed by atoms with Crippen LogP contribution in [0.3, 0.4) is 0 Å². The molecule has 1 atom stereocenters. The first-order chi connectivity index (χ1) is 10.2. The van der Waals surface area contributed by atoms with Crippen LogP contribution >= 0.6 is 11.8 Å². The van der Waals surface area contributed by atoms with Gasteiger partial charge in [-0.05, 0) is 35.9 Å². The number of hydrogen-bond acceptors (Lipinski definition) is 4. The van der Waals surface area contributed by atoms with Gasteiger partial charge in [-0.25, -0.2) is 0 Å². The van der Waals surface area contributed by atoms with Gasteiger partial charge in [-0.15, -0.1) is 11.8 Å². The number of benzene rings is 2. The van der Waals surface area contributed by atoms with E-state index >= 15 is 0 Å². The lowest BCUT2D eigenvalue weighted by Crippen LogP contribution is -2.34. The number of esters is 1. The van der Waals surface area contributed by atoms with Gasteiger partial charge in [0, 0.05) is 4.90 Å². The molecule has 3 nitrogen and oxygen atoms in total. The first kappa shape index (κ1) is 15.6. The Morgan fingerprint density at radius 1 is 1.10 bits per heavy atom. The molecule has 2 N–H and O–H groups in total. The number of ether oxygens (including phenoxy) is 1. The van der Waals surface area contributed by atoms with E-state index in [1.54, 1.807) is 11.8 Å². The number of hydrogen-bond donors (Lipinski definition) is 1. The Balaban J connectivity index is 1.84. The number of carbonyl (C=O) groups is 1. The predicted octanol–water partition coefficient (Wildman–Crippen LogP) is 3.02. The van der Waals surface area contributed by atoms with Gasteiger partial charge >= 0.3 is 5.97 Å². The summed E-state index contributed by atoms with van der Waals surface area (Å²) in [5, 5.41) is 0. The molecule has 0 spiro atoms. The molecular weight excluding hydrogens is 282 g/mol. The van der Waals surface area contributed by atoms with Gasteiger partial charge in [-0.3, -0.25) is 4.79 Å². The van der Waals surface area contributed by atoms with Crippen molar-refractivity contribution in [1.29, 1.82) is 0 Å². The number of carbonyl (C=O) groups excluding carboxylic acids is 1. The highest BCUT2D eigenvalue weighted by Crippen LogP contribution is 2.15. The summed E-state index contributed by atoms with van der Waals surface area (Å²) in [6.07, 6.45) is 2.52. The molecule has 0 aliphatic carbocycles. The second-order valence-corrected chi connectivity index (χ2v) is 5.63. The second-order valence-electron chi connectivity index (χ2n) is 4.75. The van der Waals surface area contributed by atoms with E-state index in [4.69, 9.17) is 10.5 Å². The minimum absolute atomic E-state index is 0.263. The Morgan fingerprint density at radius 3 is 2.38 bits per heavy atom. The van der Waals surface area contributed by atoms with Crippen molar-refractivity contribution in [3.8, 4) is 0 Å². The maximum Gasteiger partial charge on any atom is 0.323 e. The zero-order chi connectivity index (χ0) is 15.1. The molecule has 0 unspecified atom stereocenters. The molecular formula is C17H19NO2S. The van der Waals surface area contributed by atoms with E-state index in [-0.39, 0.29) is 12.6 Å². The highest BCUT2D eigenvalue weighted by atomic mass is 32.2. The first-order valence-electron chi connectivity index (χ1n) is 6.78. The van der Waals surface area contributed by atoms with Crippen molar-refractivity contribution in [3.05, 3.63) is 65.7 Å². The summed E-state index contributed by atoms with van der Waals surface area (Å²) in [6, 6.07) is 17.0. The van der Waals surface area contributed by atoms with E-state index in [1.165, 1.54) is 4.90 Å². The minimum atomic E-state index is -0.631. The van der Waals surface area contributed by atoms with E-state index in [0.29, 0.717) is 6.42 Å². The quantitative estimate of drug-likeness (QED) is 0.658. The molecule has 2 rings (SSSR count). The van der Waals surface area contributed by atoms with Crippen molar-refractivity contribution >= 4 is 17.7 Å². The molecule has 0 fully saturated rings. The summed E-state index contributed by atoms with van der Waals surface area (Å²) >= 11 is 1.69. The number of nitrogens with two attached hydrogens (primary N) is 1. The fourth-order valence-electron chi connectivity index (χ4n) is 1.93. The lowest BCUT2D eigenvalue weighted by molar-refractivity contribution is -0.146. The van der Waals surface area contributed by atoms with Gasteiger partial charge in [0.1, 0.15) is 12.6 Å². The molecule has 0 amide bonds. The fourth-order valence-corrected chi connectivity index (χ4v) is 2.34. The van der Waals surface area contributed by atoms with Crippen LogP contribution in [0.25, 0.3) is 0 Å². The van der Waals surface area contributed by atoms with Crippen molar-refractivity contribution in [2.45, 2.75) is 24.0 Å². The third kappa shape index (κ3) is 4.92. The van der Waals surface area contributed by atoms with Crippen LogP contribution in [0.15, 0.2) is 59.5 Å². The molecule has 4 heteroatoms. The van der Waals surface area contributed by atoms with Crippen LogP contribution in [-0.2, 0) is 22.6 Å². The van der Waals surface area contributed by atoms with Crippen LogP contribution in [-0.4, -0.2) is 18.3 Å². The Kier molecular flexibility index (Phi) is 5.84. The lowest BCUT2D eigenvalue weighted by Gasteiger charge is -2.12. The van der Waals surface area contributed by atoms with Gasteiger partial charge in [0.05, 0.1) is 0 Å². The Labute approximate surface area is 129 Å². The molecule has 0 saturated carbocycles.